The van der Waals surface area contributed by atoms with Gasteiger partial charge in [0.2, 0.25) is 0 Å². The molecule has 0 aliphatic heterocycles. The van der Waals surface area contributed by atoms with E-state index >= 15 is 0 Å². The molecule has 8 heteroatoms. The molecule has 2 aromatic heterocycles. The molecule has 0 spiro atoms. The number of benzene rings is 1. The molecule has 0 unspecified atom stereocenters. The molecule has 1 aromatic carbocycles. The molecule has 3 aromatic rings. The molecule has 0 bridgehead atoms. The second-order valence-corrected chi connectivity index (χ2v) is 7.92. The Morgan fingerprint density at radius 1 is 1.28 bits per heavy atom. The molecule has 0 radical (unpaired) electrons. The zero-order valence-electron chi connectivity index (χ0n) is 18.5. The SMILES string of the molecule is COCCn1c(C)cc(C=C(C#N)C(=O)OCc2csc(-c3ccccc3OC)n2)c1C. The molecule has 2 heterocycles. The average Bonchev–Trinajstić information content (AvgIpc) is 3.38. The van der Waals surface area contributed by atoms with Crippen LogP contribution in [-0.2, 0) is 27.4 Å². The summed E-state index contributed by atoms with van der Waals surface area (Å²) in [5, 5.41) is 12.1. The monoisotopic (exact) mass is 451 g/mol. The molecular formula is C24H25N3O4S. The summed E-state index contributed by atoms with van der Waals surface area (Å²) in [4.78, 5) is 17.1. The van der Waals surface area contributed by atoms with Gasteiger partial charge >= 0.3 is 5.97 Å². The molecule has 0 aliphatic carbocycles. The van der Waals surface area contributed by atoms with Gasteiger partial charge in [-0.2, -0.15) is 5.26 Å². The van der Waals surface area contributed by atoms with E-state index in [-0.39, 0.29) is 12.2 Å². The van der Waals surface area contributed by atoms with Gasteiger partial charge < -0.3 is 18.8 Å². The van der Waals surface area contributed by atoms with Crippen LogP contribution in [0.15, 0.2) is 41.3 Å². The van der Waals surface area contributed by atoms with E-state index in [2.05, 4.69) is 9.55 Å². The van der Waals surface area contributed by atoms with Gasteiger partial charge in [0.25, 0.3) is 0 Å². The van der Waals surface area contributed by atoms with E-state index in [1.54, 1.807) is 20.3 Å². The number of carbonyl (C=O) groups excluding carboxylic acids is 1. The fraction of sp³-hybridized carbons (Fsp3) is 0.292. The third-order valence-corrected chi connectivity index (χ3v) is 5.94. The molecule has 0 atom stereocenters. The minimum absolute atomic E-state index is 0.0175. The third kappa shape index (κ3) is 5.25. The lowest BCUT2D eigenvalue weighted by Gasteiger charge is -2.08. The van der Waals surface area contributed by atoms with E-state index in [4.69, 9.17) is 14.2 Å². The fourth-order valence-corrected chi connectivity index (χ4v) is 4.16. The van der Waals surface area contributed by atoms with E-state index in [1.165, 1.54) is 11.3 Å². The van der Waals surface area contributed by atoms with Gasteiger partial charge in [0, 0.05) is 30.4 Å². The Morgan fingerprint density at radius 2 is 2.06 bits per heavy atom. The number of nitrogens with zero attached hydrogens (tertiary/aromatic N) is 3. The minimum atomic E-state index is -0.680. The number of ether oxygens (including phenoxy) is 3. The largest absolute Gasteiger partial charge is 0.496 e. The first-order chi connectivity index (χ1) is 15.5. The number of thiazole rings is 1. The lowest BCUT2D eigenvalue weighted by molar-refractivity contribution is -0.139. The summed E-state index contributed by atoms with van der Waals surface area (Å²) in [6.07, 6.45) is 1.56. The quantitative estimate of drug-likeness (QED) is 0.270. The van der Waals surface area contributed by atoms with Crippen LogP contribution in [0.25, 0.3) is 16.6 Å². The lowest BCUT2D eigenvalue weighted by Crippen LogP contribution is -2.08. The number of para-hydroxylation sites is 1. The maximum atomic E-state index is 12.5. The van der Waals surface area contributed by atoms with E-state index in [9.17, 15) is 10.1 Å². The van der Waals surface area contributed by atoms with Crippen LogP contribution < -0.4 is 4.74 Å². The Hall–Kier alpha value is -3.41. The predicted molar refractivity (Wildman–Crippen MR) is 123 cm³/mol. The molecular weight excluding hydrogens is 426 g/mol. The number of hydrogen-bond acceptors (Lipinski definition) is 7. The standard InChI is InChI=1S/C24H25N3O4S/c1-16-11-18(17(2)27(16)9-10-29-3)12-19(13-25)24(28)31-14-20-15-32-23(26-20)21-7-5-6-8-22(21)30-4/h5-8,11-12,15H,9-10,14H2,1-4H3. The Balaban J connectivity index is 1.71. The van der Waals surface area contributed by atoms with Crippen LogP contribution in [0.4, 0.5) is 0 Å². The van der Waals surface area contributed by atoms with Crippen molar-refractivity contribution in [1.29, 1.82) is 5.26 Å². The Bertz CT molecular complexity index is 1170. The van der Waals surface area contributed by atoms with Gasteiger partial charge in [-0.05, 0) is 43.7 Å². The van der Waals surface area contributed by atoms with Crippen molar-refractivity contribution < 1.29 is 19.0 Å². The minimum Gasteiger partial charge on any atom is -0.496 e. The van der Waals surface area contributed by atoms with Crippen molar-refractivity contribution in [3.05, 3.63) is 63.9 Å². The summed E-state index contributed by atoms with van der Waals surface area (Å²) in [5.74, 6) is 0.0456. The third-order valence-electron chi connectivity index (χ3n) is 5.01. The summed E-state index contributed by atoms with van der Waals surface area (Å²) < 4.78 is 18.0. The highest BCUT2D eigenvalue weighted by molar-refractivity contribution is 7.13. The van der Waals surface area contributed by atoms with Gasteiger partial charge in [-0.1, -0.05) is 12.1 Å². The first-order valence-electron chi connectivity index (χ1n) is 10.0. The fourth-order valence-electron chi connectivity index (χ4n) is 3.33. The summed E-state index contributed by atoms with van der Waals surface area (Å²) in [6.45, 7) is 5.19. The summed E-state index contributed by atoms with van der Waals surface area (Å²) in [6, 6.07) is 11.5. The lowest BCUT2D eigenvalue weighted by atomic mass is 10.1. The second-order valence-electron chi connectivity index (χ2n) is 7.06. The van der Waals surface area contributed by atoms with Crippen LogP contribution in [0.5, 0.6) is 5.75 Å². The maximum Gasteiger partial charge on any atom is 0.349 e. The summed E-state index contributed by atoms with van der Waals surface area (Å²) in [7, 11) is 3.26. The number of esters is 1. The highest BCUT2D eigenvalue weighted by Crippen LogP contribution is 2.32. The second kappa shape index (κ2) is 10.8. The van der Waals surface area contributed by atoms with Crippen molar-refractivity contribution in [3.63, 3.8) is 0 Å². The van der Waals surface area contributed by atoms with Crippen LogP contribution in [-0.4, -0.2) is 36.3 Å². The van der Waals surface area contributed by atoms with Gasteiger partial charge in [0.1, 0.15) is 29.0 Å². The highest BCUT2D eigenvalue weighted by Gasteiger charge is 2.16. The molecule has 0 saturated heterocycles. The maximum absolute atomic E-state index is 12.5. The molecule has 32 heavy (non-hydrogen) atoms. The number of aryl methyl sites for hydroxylation is 1. The molecule has 0 N–H and O–H groups in total. The van der Waals surface area contributed by atoms with Crippen LogP contribution >= 0.6 is 11.3 Å². The van der Waals surface area contributed by atoms with E-state index < -0.39 is 5.97 Å². The zero-order chi connectivity index (χ0) is 23.1. The molecule has 7 nitrogen and oxygen atoms in total. The summed E-state index contributed by atoms with van der Waals surface area (Å²) in [5.41, 5.74) is 4.22. The Morgan fingerprint density at radius 3 is 2.78 bits per heavy atom. The molecule has 166 valence electrons. The van der Waals surface area contributed by atoms with E-state index in [0.717, 1.165) is 33.3 Å². The van der Waals surface area contributed by atoms with Crippen molar-refractivity contribution in [1.82, 2.24) is 9.55 Å². The smallest absolute Gasteiger partial charge is 0.349 e. The summed E-state index contributed by atoms with van der Waals surface area (Å²) >= 11 is 1.44. The van der Waals surface area contributed by atoms with Crippen LogP contribution in [0.2, 0.25) is 0 Å². The molecule has 0 aliphatic rings. The van der Waals surface area contributed by atoms with Crippen molar-refractivity contribution >= 4 is 23.4 Å². The number of rotatable bonds is 9. The predicted octanol–water partition coefficient (Wildman–Crippen LogP) is 4.53. The van der Waals surface area contributed by atoms with Gasteiger partial charge in [-0.25, -0.2) is 9.78 Å². The molecule has 0 fully saturated rings. The average molecular weight is 452 g/mol. The van der Waals surface area contributed by atoms with E-state index in [0.29, 0.717) is 18.8 Å². The number of carbonyl (C=O) groups is 1. The van der Waals surface area contributed by atoms with Crippen molar-refractivity contribution in [2.45, 2.75) is 27.0 Å². The van der Waals surface area contributed by atoms with Crippen molar-refractivity contribution in [2.75, 3.05) is 20.8 Å². The Labute approximate surface area is 191 Å². The number of aromatic nitrogens is 2. The zero-order valence-corrected chi connectivity index (χ0v) is 19.4. The van der Waals surface area contributed by atoms with Crippen molar-refractivity contribution in [3.8, 4) is 22.4 Å². The van der Waals surface area contributed by atoms with E-state index in [1.807, 2.05) is 55.6 Å². The molecule has 3 rings (SSSR count). The van der Waals surface area contributed by atoms with Gasteiger partial charge in [0.05, 0.1) is 25.0 Å². The van der Waals surface area contributed by atoms with Crippen LogP contribution in [0.1, 0.15) is 22.6 Å². The number of methoxy groups -OCH3 is 2. The first kappa shape index (κ1) is 23.3. The first-order valence-corrected chi connectivity index (χ1v) is 10.9. The number of hydrogen-bond donors (Lipinski definition) is 0. The van der Waals surface area contributed by atoms with Crippen LogP contribution in [0, 0.1) is 25.2 Å². The molecule has 0 saturated carbocycles. The molecule has 0 amide bonds. The van der Waals surface area contributed by atoms with Crippen LogP contribution in [0.3, 0.4) is 0 Å². The van der Waals surface area contributed by atoms with Gasteiger partial charge in [-0.3, -0.25) is 0 Å². The Kier molecular flexibility index (Phi) is 7.82. The normalized spacial score (nSPS) is 11.3. The van der Waals surface area contributed by atoms with Gasteiger partial charge in [-0.15, -0.1) is 11.3 Å². The van der Waals surface area contributed by atoms with Crippen molar-refractivity contribution in [2.24, 2.45) is 0 Å². The highest BCUT2D eigenvalue weighted by atomic mass is 32.1. The topological polar surface area (TPSA) is 86.4 Å². The van der Waals surface area contributed by atoms with Gasteiger partial charge in [0.15, 0.2) is 0 Å². The number of nitriles is 1.